The number of nitrogens with one attached hydrogen (secondary N) is 1. The van der Waals surface area contributed by atoms with Crippen LogP contribution in [0.2, 0.25) is 0 Å². The molecule has 132 valence electrons. The van der Waals surface area contributed by atoms with Crippen molar-refractivity contribution in [1.82, 2.24) is 24.9 Å². The molecule has 25 heavy (non-hydrogen) atoms. The van der Waals surface area contributed by atoms with Crippen LogP contribution in [0, 0.1) is 13.8 Å². The second-order valence-electron chi connectivity index (χ2n) is 6.23. The van der Waals surface area contributed by atoms with E-state index in [-0.39, 0.29) is 6.04 Å². The van der Waals surface area contributed by atoms with Crippen LogP contribution in [0.4, 0.5) is 0 Å². The summed E-state index contributed by atoms with van der Waals surface area (Å²) in [7, 11) is 3.57. The summed E-state index contributed by atoms with van der Waals surface area (Å²) >= 11 is 0. The number of aromatic nitrogens is 4. The van der Waals surface area contributed by atoms with E-state index < -0.39 is 0 Å². The molecule has 0 radical (unpaired) electrons. The molecule has 1 N–H and O–H groups in total. The Morgan fingerprint density at radius 1 is 1.20 bits per heavy atom. The summed E-state index contributed by atoms with van der Waals surface area (Å²) < 4.78 is 9.21. The van der Waals surface area contributed by atoms with Gasteiger partial charge in [-0.2, -0.15) is 10.2 Å². The molecule has 0 amide bonds. The zero-order chi connectivity index (χ0) is 18.0. The third kappa shape index (κ3) is 3.30. The monoisotopic (exact) mass is 339 g/mol. The standard InChI is InChI=1S/C19H25N5O/c1-13(20-11-18-14(2)22-23(4)19(18)25-5)17-12-21-24(15(17)3)16-9-7-6-8-10-16/h6-10,12-13,20H,11H2,1-5H3/t13-/m0/s1. The van der Waals surface area contributed by atoms with E-state index in [9.17, 15) is 0 Å². The topological polar surface area (TPSA) is 56.9 Å². The van der Waals surface area contributed by atoms with Crippen LogP contribution in [0.15, 0.2) is 36.5 Å². The summed E-state index contributed by atoms with van der Waals surface area (Å²) in [5.74, 6) is 0.800. The Balaban J connectivity index is 1.77. The van der Waals surface area contributed by atoms with Gasteiger partial charge in [0, 0.05) is 30.9 Å². The molecule has 3 rings (SSSR count). The molecule has 0 aliphatic carbocycles. The average Bonchev–Trinajstić information content (AvgIpc) is 3.12. The van der Waals surface area contributed by atoms with Crippen molar-refractivity contribution in [1.29, 1.82) is 0 Å². The fourth-order valence-corrected chi connectivity index (χ4v) is 3.18. The van der Waals surface area contributed by atoms with Crippen molar-refractivity contribution in [2.75, 3.05) is 7.11 Å². The van der Waals surface area contributed by atoms with Crippen molar-refractivity contribution in [3.8, 4) is 11.6 Å². The number of hydrogen-bond donors (Lipinski definition) is 1. The maximum Gasteiger partial charge on any atom is 0.216 e. The van der Waals surface area contributed by atoms with E-state index in [2.05, 4.69) is 41.5 Å². The Morgan fingerprint density at radius 3 is 2.60 bits per heavy atom. The number of rotatable bonds is 6. The fraction of sp³-hybridized carbons (Fsp3) is 0.368. The van der Waals surface area contributed by atoms with Gasteiger partial charge in [0.1, 0.15) is 0 Å². The second kappa shape index (κ2) is 7.11. The van der Waals surface area contributed by atoms with Gasteiger partial charge in [-0.1, -0.05) is 18.2 Å². The molecule has 1 aromatic carbocycles. The molecule has 0 bridgehead atoms. The SMILES string of the molecule is COc1c(CN[C@@H](C)c2cnn(-c3ccccc3)c2C)c(C)nn1C. The Bertz CT molecular complexity index is 850. The number of methoxy groups -OCH3 is 1. The van der Waals surface area contributed by atoms with Gasteiger partial charge in [-0.15, -0.1) is 0 Å². The molecule has 0 spiro atoms. The lowest BCUT2D eigenvalue weighted by Crippen LogP contribution is -2.19. The minimum absolute atomic E-state index is 0.168. The lowest BCUT2D eigenvalue weighted by atomic mass is 10.1. The maximum absolute atomic E-state index is 5.46. The van der Waals surface area contributed by atoms with Gasteiger partial charge in [0.25, 0.3) is 0 Å². The highest BCUT2D eigenvalue weighted by molar-refractivity contribution is 5.35. The second-order valence-corrected chi connectivity index (χ2v) is 6.23. The molecular formula is C19H25N5O. The van der Waals surface area contributed by atoms with Gasteiger partial charge in [-0.05, 0) is 32.9 Å². The summed E-state index contributed by atoms with van der Waals surface area (Å²) in [5.41, 5.74) is 5.47. The van der Waals surface area contributed by atoms with Crippen LogP contribution in [0.25, 0.3) is 5.69 Å². The van der Waals surface area contributed by atoms with E-state index in [0.717, 1.165) is 28.5 Å². The smallest absolute Gasteiger partial charge is 0.216 e. The van der Waals surface area contributed by atoms with Crippen molar-refractivity contribution >= 4 is 0 Å². The van der Waals surface area contributed by atoms with Crippen LogP contribution in [-0.4, -0.2) is 26.7 Å². The minimum Gasteiger partial charge on any atom is -0.481 e. The van der Waals surface area contributed by atoms with Crippen molar-refractivity contribution in [2.24, 2.45) is 7.05 Å². The van der Waals surface area contributed by atoms with Crippen molar-refractivity contribution in [3.63, 3.8) is 0 Å². The van der Waals surface area contributed by atoms with Crippen LogP contribution in [0.5, 0.6) is 5.88 Å². The van der Waals surface area contributed by atoms with E-state index in [4.69, 9.17) is 4.74 Å². The Labute approximate surface area is 148 Å². The molecule has 0 unspecified atom stereocenters. The van der Waals surface area contributed by atoms with E-state index in [0.29, 0.717) is 6.54 Å². The number of ether oxygens (including phenoxy) is 1. The highest BCUT2D eigenvalue weighted by Crippen LogP contribution is 2.24. The summed E-state index contributed by atoms with van der Waals surface area (Å²) in [6.45, 7) is 6.95. The molecule has 3 aromatic rings. The molecule has 6 heteroatoms. The maximum atomic E-state index is 5.46. The zero-order valence-corrected chi connectivity index (χ0v) is 15.4. The number of benzene rings is 1. The minimum atomic E-state index is 0.168. The lowest BCUT2D eigenvalue weighted by molar-refractivity contribution is 0.367. The molecule has 0 fully saturated rings. The van der Waals surface area contributed by atoms with Crippen LogP contribution < -0.4 is 10.1 Å². The highest BCUT2D eigenvalue weighted by atomic mass is 16.5. The Hall–Kier alpha value is -2.60. The van der Waals surface area contributed by atoms with Gasteiger partial charge in [0.05, 0.1) is 30.3 Å². The molecule has 6 nitrogen and oxygen atoms in total. The normalized spacial score (nSPS) is 12.4. The zero-order valence-electron chi connectivity index (χ0n) is 15.4. The van der Waals surface area contributed by atoms with Gasteiger partial charge in [-0.25, -0.2) is 9.36 Å². The lowest BCUT2D eigenvalue weighted by Gasteiger charge is -2.14. The number of nitrogens with zero attached hydrogens (tertiary/aromatic N) is 4. The van der Waals surface area contributed by atoms with E-state index in [1.54, 1.807) is 11.8 Å². The Kier molecular flexibility index (Phi) is 4.90. The van der Waals surface area contributed by atoms with Crippen LogP contribution in [-0.2, 0) is 13.6 Å². The largest absolute Gasteiger partial charge is 0.481 e. The van der Waals surface area contributed by atoms with Gasteiger partial charge in [0.15, 0.2) is 0 Å². The van der Waals surface area contributed by atoms with Crippen molar-refractivity contribution in [2.45, 2.75) is 33.4 Å². The summed E-state index contributed by atoms with van der Waals surface area (Å²) in [6.07, 6.45) is 1.94. The van der Waals surface area contributed by atoms with Gasteiger partial charge in [-0.3, -0.25) is 0 Å². The molecule has 0 aliphatic rings. The Morgan fingerprint density at radius 2 is 1.92 bits per heavy atom. The predicted molar refractivity (Wildman–Crippen MR) is 98.1 cm³/mol. The number of aryl methyl sites for hydroxylation is 2. The first-order chi connectivity index (χ1) is 12.0. The summed E-state index contributed by atoms with van der Waals surface area (Å²) in [4.78, 5) is 0. The quantitative estimate of drug-likeness (QED) is 0.750. The van der Waals surface area contributed by atoms with Crippen LogP contribution in [0.3, 0.4) is 0 Å². The third-order valence-electron chi connectivity index (χ3n) is 4.58. The first-order valence-corrected chi connectivity index (χ1v) is 8.42. The van der Waals surface area contributed by atoms with E-state index >= 15 is 0 Å². The van der Waals surface area contributed by atoms with E-state index in [1.807, 2.05) is 43.0 Å². The van der Waals surface area contributed by atoms with Crippen molar-refractivity contribution in [3.05, 3.63) is 59.0 Å². The number of para-hydroxylation sites is 1. The average molecular weight is 339 g/mol. The highest BCUT2D eigenvalue weighted by Gasteiger charge is 2.17. The fourth-order valence-electron chi connectivity index (χ4n) is 3.18. The first-order valence-electron chi connectivity index (χ1n) is 8.42. The molecule has 0 saturated carbocycles. The third-order valence-corrected chi connectivity index (χ3v) is 4.58. The number of hydrogen-bond acceptors (Lipinski definition) is 4. The molecule has 0 aliphatic heterocycles. The molecule has 1 atom stereocenters. The molecular weight excluding hydrogens is 314 g/mol. The van der Waals surface area contributed by atoms with Crippen LogP contribution >= 0.6 is 0 Å². The predicted octanol–water partition coefficient (Wildman–Crippen LogP) is 3.08. The summed E-state index contributed by atoms with van der Waals surface area (Å²) in [5, 5.41) is 12.5. The van der Waals surface area contributed by atoms with Gasteiger partial charge in [0.2, 0.25) is 5.88 Å². The first kappa shape index (κ1) is 17.2. The van der Waals surface area contributed by atoms with Gasteiger partial charge >= 0.3 is 0 Å². The molecule has 0 saturated heterocycles. The van der Waals surface area contributed by atoms with Crippen LogP contribution in [0.1, 0.15) is 35.5 Å². The van der Waals surface area contributed by atoms with Gasteiger partial charge < -0.3 is 10.1 Å². The molecule has 2 heterocycles. The molecule has 2 aromatic heterocycles. The van der Waals surface area contributed by atoms with Crippen molar-refractivity contribution < 1.29 is 4.74 Å². The van der Waals surface area contributed by atoms with E-state index in [1.165, 1.54) is 5.56 Å². The summed E-state index contributed by atoms with van der Waals surface area (Å²) in [6, 6.07) is 10.3.